The van der Waals surface area contributed by atoms with Gasteiger partial charge in [-0.15, -0.1) is 11.8 Å². The Morgan fingerprint density at radius 3 is 2.35 bits per heavy atom. The molecule has 0 aliphatic heterocycles. The molecule has 0 saturated carbocycles. The first-order chi connectivity index (χ1) is 12.7. The third kappa shape index (κ3) is 7.65. The number of carbonyl (C=O) groups is 1. The molecule has 2 aromatic rings. The highest BCUT2D eigenvalue weighted by atomic mass is 32.2. The Morgan fingerprint density at radius 1 is 0.923 bits per heavy atom. The number of hydrogen-bond donors (Lipinski definition) is 0. The van der Waals surface area contributed by atoms with Crippen LogP contribution in [0.1, 0.15) is 42.9 Å². The molecule has 0 atom stereocenters. The second kappa shape index (κ2) is 11.8. The first-order valence-corrected chi connectivity index (χ1v) is 10.8. The SMILES string of the molecule is CCCN(CCCCc1ccc(C)cc1)C(=O)CSCc1ccccc1. The van der Waals surface area contributed by atoms with Gasteiger partial charge in [-0.3, -0.25) is 4.79 Å². The van der Waals surface area contributed by atoms with Gasteiger partial charge in [0.2, 0.25) is 5.91 Å². The van der Waals surface area contributed by atoms with Crippen LogP contribution < -0.4 is 0 Å². The Labute approximate surface area is 163 Å². The molecule has 0 bridgehead atoms. The molecule has 2 nitrogen and oxygen atoms in total. The van der Waals surface area contributed by atoms with E-state index in [2.05, 4.69) is 62.4 Å². The molecule has 0 unspecified atom stereocenters. The van der Waals surface area contributed by atoms with Crippen molar-refractivity contribution in [3.05, 3.63) is 71.3 Å². The number of nitrogens with zero attached hydrogens (tertiary/aromatic N) is 1. The highest BCUT2D eigenvalue weighted by Crippen LogP contribution is 2.13. The lowest BCUT2D eigenvalue weighted by Gasteiger charge is -2.22. The summed E-state index contributed by atoms with van der Waals surface area (Å²) in [6.07, 6.45) is 4.32. The lowest BCUT2D eigenvalue weighted by Crippen LogP contribution is -2.34. The molecule has 2 aromatic carbocycles. The largest absolute Gasteiger partial charge is 0.342 e. The second-order valence-electron chi connectivity index (χ2n) is 6.80. The Kier molecular flexibility index (Phi) is 9.33. The molecule has 0 N–H and O–H groups in total. The predicted molar refractivity (Wildman–Crippen MR) is 114 cm³/mol. The van der Waals surface area contributed by atoms with Crippen LogP contribution in [0.2, 0.25) is 0 Å². The van der Waals surface area contributed by atoms with Gasteiger partial charge in [0.1, 0.15) is 0 Å². The minimum Gasteiger partial charge on any atom is -0.342 e. The van der Waals surface area contributed by atoms with Crippen molar-refractivity contribution in [1.29, 1.82) is 0 Å². The second-order valence-corrected chi connectivity index (χ2v) is 7.79. The van der Waals surface area contributed by atoms with E-state index in [1.165, 1.54) is 16.7 Å². The number of hydrogen-bond acceptors (Lipinski definition) is 2. The third-order valence-corrected chi connectivity index (χ3v) is 5.44. The highest BCUT2D eigenvalue weighted by Gasteiger charge is 2.12. The van der Waals surface area contributed by atoms with E-state index in [0.717, 1.165) is 44.5 Å². The molecule has 1 amide bonds. The van der Waals surface area contributed by atoms with Crippen LogP contribution in [0.3, 0.4) is 0 Å². The smallest absolute Gasteiger partial charge is 0.232 e. The number of unbranched alkanes of at least 4 members (excludes halogenated alkanes) is 1. The molecule has 140 valence electrons. The lowest BCUT2D eigenvalue weighted by molar-refractivity contribution is -0.128. The molecular formula is C23H31NOS. The topological polar surface area (TPSA) is 20.3 Å². The van der Waals surface area contributed by atoms with E-state index >= 15 is 0 Å². The zero-order valence-corrected chi connectivity index (χ0v) is 16.9. The zero-order chi connectivity index (χ0) is 18.6. The van der Waals surface area contributed by atoms with Gasteiger partial charge >= 0.3 is 0 Å². The van der Waals surface area contributed by atoms with Crippen LogP contribution in [-0.4, -0.2) is 29.6 Å². The van der Waals surface area contributed by atoms with Crippen LogP contribution in [0.15, 0.2) is 54.6 Å². The molecule has 0 fully saturated rings. The van der Waals surface area contributed by atoms with Gasteiger partial charge in [-0.05, 0) is 43.7 Å². The molecule has 3 heteroatoms. The van der Waals surface area contributed by atoms with Crippen molar-refractivity contribution >= 4 is 17.7 Å². The first kappa shape index (κ1) is 20.6. The Balaban J connectivity index is 1.68. The number of rotatable bonds is 11. The molecule has 0 heterocycles. The Hall–Kier alpha value is -1.74. The highest BCUT2D eigenvalue weighted by molar-refractivity contribution is 7.99. The summed E-state index contributed by atoms with van der Waals surface area (Å²) in [6.45, 7) is 6.01. The van der Waals surface area contributed by atoms with Crippen molar-refractivity contribution in [2.45, 2.75) is 45.3 Å². The summed E-state index contributed by atoms with van der Waals surface area (Å²) >= 11 is 1.71. The fourth-order valence-electron chi connectivity index (χ4n) is 2.94. The van der Waals surface area contributed by atoms with Crippen LogP contribution >= 0.6 is 11.8 Å². The summed E-state index contributed by atoms with van der Waals surface area (Å²) < 4.78 is 0. The van der Waals surface area contributed by atoms with Gasteiger partial charge in [-0.2, -0.15) is 0 Å². The van der Waals surface area contributed by atoms with Crippen LogP contribution in [0.25, 0.3) is 0 Å². The minimum atomic E-state index is 0.281. The molecule has 0 radical (unpaired) electrons. The first-order valence-electron chi connectivity index (χ1n) is 9.64. The third-order valence-electron chi connectivity index (χ3n) is 4.45. The van der Waals surface area contributed by atoms with E-state index in [1.54, 1.807) is 11.8 Å². The van der Waals surface area contributed by atoms with Gasteiger partial charge < -0.3 is 4.90 Å². The van der Waals surface area contributed by atoms with Crippen LogP contribution in [0.4, 0.5) is 0 Å². The average molecular weight is 370 g/mol. The number of thioether (sulfide) groups is 1. The molecule has 0 aromatic heterocycles. The molecule has 0 saturated heterocycles. The van der Waals surface area contributed by atoms with Gasteiger partial charge in [-0.25, -0.2) is 0 Å². The van der Waals surface area contributed by atoms with Crippen molar-refractivity contribution in [2.24, 2.45) is 0 Å². The van der Waals surface area contributed by atoms with E-state index in [1.807, 2.05) is 11.0 Å². The van der Waals surface area contributed by atoms with Gasteiger partial charge in [-0.1, -0.05) is 67.1 Å². The van der Waals surface area contributed by atoms with Gasteiger partial charge in [0.25, 0.3) is 0 Å². The summed E-state index contributed by atoms with van der Waals surface area (Å²) in [5, 5.41) is 0. The van der Waals surface area contributed by atoms with Crippen molar-refractivity contribution in [3.63, 3.8) is 0 Å². The summed E-state index contributed by atoms with van der Waals surface area (Å²) in [5.74, 6) is 1.76. The van der Waals surface area contributed by atoms with Gasteiger partial charge in [0.05, 0.1) is 5.75 Å². The van der Waals surface area contributed by atoms with Crippen LogP contribution in [0.5, 0.6) is 0 Å². The standard InChI is InChI=1S/C23H31NOS/c1-3-16-24(17-8-7-9-21-14-12-20(2)13-15-21)23(25)19-26-18-22-10-5-4-6-11-22/h4-6,10-15H,3,7-9,16-19H2,1-2H3. The molecule has 0 aliphatic rings. The number of carbonyl (C=O) groups excluding carboxylic acids is 1. The van der Waals surface area contributed by atoms with Gasteiger partial charge in [0.15, 0.2) is 0 Å². The Morgan fingerprint density at radius 2 is 1.65 bits per heavy atom. The van der Waals surface area contributed by atoms with E-state index in [4.69, 9.17) is 0 Å². The van der Waals surface area contributed by atoms with Crippen molar-refractivity contribution in [1.82, 2.24) is 4.90 Å². The number of benzene rings is 2. The average Bonchev–Trinajstić information content (AvgIpc) is 2.66. The summed E-state index contributed by atoms with van der Waals surface area (Å²) in [4.78, 5) is 14.6. The summed E-state index contributed by atoms with van der Waals surface area (Å²) in [5.41, 5.74) is 3.98. The number of aryl methyl sites for hydroxylation is 2. The fourth-order valence-corrected chi connectivity index (χ4v) is 3.83. The lowest BCUT2D eigenvalue weighted by atomic mass is 10.1. The van der Waals surface area contributed by atoms with Crippen molar-refractivity contribution in [2.75, 3.05) is 18.8 Å². The molecule has 26 heavy (non-hydrogen) atoms. The predicted octanol–water partition coefficient (Wildman–Crippen LogP) is 5.49. The molecule has 0 spiro atoms. The van der Waals surface area contributed by atoms with E-state index in [9.17, 15) is 4.79 Å². The molecule has 2 rings (SSSR count). The monoisotopic (exact) mass is 369 g/mol. The molecule has 0 aliphatic carbocycles. The van der Waals surface area contributed by atoms with Gasteiger partial charge in [0, 0.05) is 18.8 Å². The minimum absolute atomic E-state index is 0.281. The summed E-state index contributed by atoms with van der Waals surface area (Å²) in [7, 11) is 0. The quantitative estimate of drug-likeness (QED) is 0.488. The maximum atomic E-state index is 12.5. The van der Waals surface area contributed by atoms with Crippen molar-refractivity contribution in [3.8, 4) is 0 Å². The fraction of sp³-hybridized carbons (Fsp3) is 0.435. The van der Waals surface area contributed by atoms with Crippen LogP contribution in [-0.2, 0) is 17.0 Å². The Bertz CT molecular complexity index is 639. The molecular weight excluding hydrogens is 338 g/mol. The van der Waals surface area contributed by atoms with Crippen LogP contribution in [0, 0.1) is 6.92 Å². The maximum absolute atomic E-state index is 12.5. The van der Waals surface area contributed by atoms with E-state index in [-0.39, 0.29) is 5.91 Å². The summed E-state index contributed by atoms with van der Waals surface area (Å²) in [6, 6.07) is 19.1. The normalized spacial score (nSPS) is 10.7. The van der Waals surface area contributed by atoms with Crippen molar-refractivity contribution < 1.29 is 4.79 Å². The van der Waals surface area contributed by atoms with E-state index in [0.29, 0.717) is 5.75 Å². The number of amides is 1. The zero-order valence-electron chi connectivity index (χ0n) is 16.1. The maximum Gasteiger partial charge on any atom is 0.232 e. The van der Waals surface area contributed by atoms with E-state index < -0.39 is 0 Å².